The fraction of sp³-hybridized carbons (Fsp3) is 0. The molecular formula is C20H14N4O2. The molecule has 0 radical (unpaired) electrons. The van der Waals surface area contributed by atoms with Crippen LogP contribution in [-0.4, -0.2) is 14.9 Å². The van der Waals surface area contributed by atoms with E-state index in [4.69, 9.17) is 0 Å². The summed E-state index contributed by atoms with van der Waals surface area (Å²) in [7, 11) is 0. The highest BCUT2D eigenvalue weighted by molar-refractivity contribution is 5.96. The molecule has 0 spiro atoms. The van der Waals surface area contributed by atoms with Gasteiger partial charge in [-0.05, 0) is 29.1 Å². The van der Waals surface area contributed by atoms with Crippen molar-refractivity contribution in [3.63, 3.8) is 0 Å². The van der Waals surface area contributed by atoms with Crippen molar-refractivity contribution >= 4 is 28.0 Å². The number of nitrogens with zero attached hydrogens (tertiary/aromatic N) is 3. The molecule has 0 aliphatic carbocycles. The fourth-order valence-electron chi connectivity index (χ4n) is 2.89. The number of aromatic nitrogens is 2. The van der Waals surface area contributed by atoms with Crippen LogP contribution in [0.1, 0.15) is 0 Å². The van der Waals surface area contributed by atoms with Crippen molar-refractivity contribution < 1.29 is 4.92 Å². The van der Waals surface area contributed by atoms with Gasteiger partial charge in [-0.25, -0.2) is 4.98 Å². The molecule has 2 aromatic carbocycles. The van der Waals surface area contributed by atoms with Gasteiger partial charge in [0.15, 0.2) is 0 Å². The van der Waals surface area contributed by atoms with Gasteiger partial charge in [-0.3, -0.25) is 15.1 Å². The lowest BCUT2D eigenvalue weighted by Gasteiger charge is -2.10. The van der Waals surface area contributed by atoms with E-state index in [1.807, 2.05) is 54.9 Å². The van der Waals surface area contributed by atoms with E-state index >= 15 is 0 Å². The summed E-state index contributed by atoms with van der Waals surface area (Å²) in [6.45, 7) is 0. The molecule has 0 amide bonds. The molecule has 0 aliphatic heterocycles. The Labute approximate surface area is 149 Å². The number of fused-ring (bicyclic) bond motifs is 1. The van der Waals surface area contributed by atoms with Gasteiger partial charge in [-0.2, -0.15) is 0 Å². The van der Waals surface area contributed by atoms with Crippen molar-refractivity contribution in [2.75, 3.05) is 5.32 Å². The molecule has 0 saturated carbocycles. The number of anilines is 2. The smallest absolute Gasteiger partial charge is 0.311 e. The van der Waals surface area contributed by atoms with E-state index in [9.17, 15) is 10.1 Å². The summed E-state index contributed by atoms with van der Waals surface area (Å²) < 4.78 is 0. The molecule has 4 aromatic rings. The molecule has 26 heavy (non-hydrogen) atoms. The largest absolute Gasteiger partial charge is 0.334 e. The maximum Gasteiger partial charge on any atom is 0.311 e. The molecule has 0 fully saturated rings. The zero-order chi connectivity index (χ0) is 17.9. The van der Waals surface area contributed by atoms with Gasteiger partial charge < -0.3 is 5.32 Å². The van der Waals surface area contributed by atoms with E-state index < -0.39 is 4.92 Å². The van der Waals surface area contributed by atoms with Crippen molar-refractivity contribution in [3.05, 3.63) is 89.4 Å². The molecule has 6 nitrogen and oxygen atoms in total. The Morgan fingerprint density at radius 1 is 0.962 bits per heavy atom. The Morgan fingerprint density at radius 3 is 2.73 bits per heavy atom. The summed E-state index contributed by atoms with van der Waals surface area (Å²) in [6.07, 6.45) is 5.18. The first-order valence-corrected chi connectivity index (χ1v) is 8.02. The predicted molar refractivity (Wildman–Crippen MR) is 101 cm³/mol. The summed E-state index contributed by atoms with van der Waals surface area (Å²) in [5.74, 6) is 0.214. The standard InChI is InChI=1S/C20H14N4O2/c25-24(26)19-9-4-10-22-20(19)23-16-7-3-6-14(11-16)18-13-21-12-15-5-1-2-8-17(15)18/h1-13H,(H,22,23). The van der Waals surface area contributed by atoms with Crippen molar-refractivity contribution in [2.45, 2.75) is 0 Å². The van der Waals surface area contributed by atoms with Crippen LogP contribution in [0.5, 0.6) is 0 Å². The first kappa shape index (κ1) is 15.7. The van der Waals surface area contributed by atoms with Crippen LogP contribution >= 0.6 is 0 Å². The van der Waals surface area contributed by atoms with Crippen LogP contribution < -0.4 is 5.32 Å². The van der Waals surface area contributed by atoms with Crippen LogP contribution in [0, 0.1) is 10.1 Å². The SMILES string of the molecule is O=[N+]([O-])c1cccnc1Nc1cccc(-c2cncc3ccccc23)c1. The summed E-state index contributed by atoms with van der Waals surface area (Å²) in [5, 5.41) is 16.4. The topological polar surface area (TPSA) is 81.0 Å². The molecule has 0 bridgehead atoms. The number of hydrogen-bond acceptors (Lipinski definition) is 5. The quantitative estimate of drug-likeness (QED) is 0.419. The zero-order valence-electron chi connectivity index (χ0n) is 13.7. The van der Waals surface area contributed by atoms with E-state index in [1.54, 1.807) is 6.07 Å². The Morgan fingerprint density at radius 2 is 1.85 bits per heavy atom. The molecule has 0 aliphatic rings. The van der Waals surface area contributed by atoms with Gasteiger partial charge in [0, 0.05) is 41.3 Å². The second kappa shape index (κ2) is 6.60. The van der Waals surface area contributed by atoms with Crippen LogP contribution in [0.3, 0.4) is 0 Å². The number of nitro groups is 1. The molecule has 126 valence electrons. The minimum atomic E-state index is -0.451. The van der Waals surface area contributed by atoms with Crippen molar-refractivity contribution in [1.29, 1.82) is 0 Å². The minimum Gasteiger partial charge on any atom is -0.334 e. The van der Waals surface area contributed by atoms with Crippen LogP contribution in [0.4, 0.5) is 17.2 Å². The van der Waals surface area contributed by atoms with Crippen LogP contribution in [0.15, 0.2) is 79.3 Å². The molecule has 0 unspecified atom stereocenters. The van der Waals surface area contributed by atoms with Gasteiger partial charge in [-0.15, -0.1) is 0 Å². The zero-order valence-corrected chi connectivity index (χ0v) is 13.7. The maximum absolute atomic E-state index is 11.2. The third-order valence-corrected chi connectivity index (χ3v) is 4.09. The monoisotopic (exact) mass is 342 g/mol. The Balaban J connectivity index is 1.75. The average Bonchev–Trinajstić information content (AvgIpc) is 2.68. The highest BCUT2D eigenvalue weighted by atomic mass is 16.6. The Bertz CT molecular complexity index is 1110. The second-order valence-electron chi connectivity index (χ2n) is 5.74. The van der Waals surface area contributed by atoms with Crippen LogP contribution in [0.25, 0.3) is 21.9 Å². The molecule has 4 rings (SSSR count). The first-order valence-electron chi connectivity index (χ1n) is 8.02. The van der Waals surface area contributed by atoms with Gasteiger partial charge in [0.25, 0.3) is 0 Å². The highest BCUT2D eigenvalue weighted by Crippen LogP contribution is 2.31. The van der Waals surface area contributed by atoms with Crippen LogP contribution in [-0.2, 0) is 0 Å². The van der Waals surface area contributed by atoms with Gasteiger partial charge in [0.05, 0.1) is 4.92 Å². The fourth-order valence-corrected chi connectivity index (χ4v) is 2.89. The molecule has 2 heterocycles. The third-order valence-electron chi connectivity index (χ3n) is 4.09. The van der Waals surface area contributed by atoms with Crippen LogP contribution in [0.2, 0.25) is 0 Å². The summed E-state index contributed by atoms with van der Waals surface area (Å²) in [5.41, 5.74) is 2.63. The molecule has 6 heteroatoms. The summed E-state index contributed by atoms with van der Waals surface area (Å²) >= 11 is 0. The van der Waals surface area contributed by atoms with Crippen molar-refractivity contribution in [1.82, 2.24) is 9.97 Å². The lowest BCUT2D eigenvalue weighted by Crippen LogP contribution is -1.99. The van der Waals surface area contributed by atoms with E-state index in [1.165, 1.54) is 12.3 Å². The van der Waals surface area contributed by atoms with Gasteiger partial charge in [0.2, 0.25) is 5.82 Å². The number of nitrogens with one attached hydrogen (secondary N) is 1. The van der Waals surface area contributed by atoms with Gasteiger partial charge in [0.1, 0.15) is 0 Å². The van der Waals surface area contributed by atoms with Crippen molar-refractivity contribution in [3.8, 4) is 11.1 Å². The number of rotatable bonds is 4. The summed E-state index contributed by atoms with van der Waals surface area (Å²) in [4.78, 5) is 19.1. The second-order valence-corrected chi connectivity index (χ2v) is 5.74. The molecular weight excluding hydrogens is 328 g/mol. The number of hydrogen-bond donors (Lipinski definition) is 1. The van der Waals surface area contributed by atoms with Gasteiger partial charge in [-0.1, -0.05) is 36.4 Å². The predicted octanol–water partition coefficient (Wildman–Crippen LogP) is 4.95. The highest BCUT2D eigenvalue weighted by Gasteiger charge is 2.14. The van der Waals surface area contributed by atoms with E-state index in [2.05, 4.69) is 21.4 Å². The van der Waals surface area contributed by atoms with E-state index in [0.29, 0.717) is 0 Å². The van der Waals surface area contributed by atoms with Gasteiger partial charge >= 0.3 is 5.69 Å². The number of pyridine rings is 2. The lowest BCUT2D eigenvalue weighted by molar-refractivity contribution is -0.384. The Kier molecular flexibility index (Phi) is 3.99. The van der Waals surface area contributed by atoms with E-state index in [-0.39, 0.29) is 11.5 Å². The van der Waals surface area contributed by atoms with Crippen molar-refractivity contribution in [2.24, 2.45) is 0 Å². The summed E-state index contributed by atoms with van der Waals surface area (Å²) in [6, 6.07) is 18.7. The molecule has 0 atom stereocenters. The molecule has 2 aromatic heterocycles. The lowest BCUT2D eigenvalue weighted by atomic mass is 10.0. The first-order chi connectivity index (χ1) is 12.7. The number of benzene rings is 2. The Hall–Kier alpha value is -3.80. The van der Waals surface area contributed by atoms with E-state index in [0.717, 1.165) is 27.6 Å². The normalized spacial score (nSPS) is 10.6. The maximum atomic E-state index is 11.2. The molecule has 1 N–H and O–H groups in total. The molecule has 0 saturated heterocycles. The average molecular weight is 342 g/mol. The minimum absolute atomic E-state index is 0.0651. The third kappa shape index (κ3) is 2.95.